The molecule has 0 saturated carbocycles. The second kappa shape index (κ2) is 3.44. The largest absolute Gasteiger partial charge is 0.389 e. The average Bonchev–Trinajstić information content (AvgIpc) is 2.02. The van der Waals surface area contributed by atoms with E-state index in [2.05, 4.69) is 12.2 Å². The summed E-state index contributed by atoms with van der Waals surface area (Å²) in [6, 6.07) is 3.45. The SMILES string of the molecule is NC(=S)c1c(F)cccc1[N+](=O)[O-]. The van der Waals surface area contributed by atoms with Crippen LogP contribution in [-0.4, -0.2) is 9.91 Å². The van der Waals surface area contributed by atoms with E-state index in [1.165, 1.54) is 6.07 Å². The van der Waals surface area contributed by atoms with Gasteiger partial charge < -0.3 is 5.73 Å². The minimum absolute atomic E-state index is 0.315. The topological polar surface area (TPSA) is 69.2 Å². The van der Waals surface area contributed by atoms with E-state index in [1.54, 1.807) is 0 Å². The molecule has 0 bridgehead atoms. The van der Waals surface area contributed by atoms with Crippen LogP contribution in [0.4, 0.5) is 10.1 Å². The fourth-order valence-electron chi connectivity index (χ4n) is 0.909. The third-order valence-corrected chi connectivity index (χ3v) is 1.64. The molecule has 0 heterocycles. The summed E-state index contributed by atoms with van der Waals surface area (Å²) >= 11 is 4.49. The van der Waals surface area contributed by atoms with Gasteiger partial charge in [-0.3, -0.25) is 10.1 Å². The van der Waals surface area contributed by atoms with Crippen molar-refractivity contribution in [3.05, 3.63) is 39.7 Å². The van der Waals surface area contributed by atoms with Gasteiger partial charge in [0.05, 0.1) is 4.92 Å². The third kappa shape index (κ3) is 1.78. The number of nitrogens with two attached hydrogens (primary N) is 1. The summed E-state index contributed by atoms with van der Waals surface area (Å²) in [5.74, 6) is -0.776. The van der Waals surface area contributed by atoms with Crippen molar-refractivity contribution in [3.8, 4) is 0 Å². The zero-order chi connectivity index (χ0) is 10.0. The number of nitro benzene ring substituents is 1. The van der Waals surface area contributed by atoms with Crippen molar-refractivity contribution in [2.24, 2.45) is 5.73 Å². The lowest BCUT2D eigenvalue weighted by Gasteiger charge is -2.00. The second-order valence-corrected chi connectivity index (χ2v) is 2.70. The highest BCUT2D eigenvalue weighted by molar-refractivity contribution is 7.80. The van der Waals surface area contributed by atoms with Crippen molar-refractivity contribution in [2.75, 3.05) is 0 Å². The Hall–Kier alpha value is -1.56. The van der Waals surface area contributed by atoms with Crippen LogP contribution in [0.2, 0.25) is 0 Å². The number of hydrogen-bond acceptors (Lipinski definition) is 3. The average molecular weight is 200 g/mol. The molecular formula is C7H5FN2O2S. The van der Waals surface area contributed by atoms with E-state index >= 15 is 0 Å². The standard InChI is InChI=1S/C7H5FN2O2S/c8-4-2-1-3-5(10(11)12)6(4)7(9)13/h1-3H,(H2,9,13). The van der Waals surface area contributed by atoms with Gasteiger partial charge in [0.25, 0.3) is 5.69 Å². The Bertz CT molecular complexity index is 381. The Morgan fingerprint density at radius 1 is 1.62 bits per heavy atom. The van der Waals surface area contributed by atoms with Crippen LogP contribution in [0.5, 0.6) is 0 Å². The van der Waals surface area contributed by atoms with Crippen molar-refractivity contribution < 1.29 is 9.31 Å². The van der Waals surface area contributed by atoms with E-state index in [0.717, 1.165) is 12.1 Å². The van der Waals surface area contributed by atoms with Gasteiger partial charge in [-0.05, 0) is 6.07 Å². The van der Waals surface area contributed by atoms with Crippen molar-refractivity contribution in [1.82, 2.24) is 0 Å². The van der Waals surface area contributed by atoms with Crippen molar-refractivity contribution in [2.45, 2.75) is 0 Å². The molecule has 4 nitrogen and oxygen atoms in total. The summed E-state index contributed by atoms with van der Waals surface area (Å²) in [6.45, 7) is 0. The first-order valence-corrected chi connectivity index (χ1v) is 3.67. The van der Waals surface area contributed by atoms with Gasteiger partial charge in [-0.2, -0.15) is 0 Å². The van der Waals surface area contributed by atoms with Gasteiger partial charge in [0, 0.05) is 6.07 Å². The summed E-state index contributed by atoms with van der Waals surface area (Å²) in [5.41, 5.74) is 4.41. The normalized spacial score (nSPS) is 9.62. The van der Waals surface area contributed by atoms with Gasteiger partial charge in [0.2, 0.25) is 0 Å². The van der Waals surface area contributed by atoms with E-state index < -0.39 is 16.4 Å². The lowest BCUT2D eigenvalue weighted by atomic mass is 10.1. The van der Waals surface area contributed by atoms with Gasteiger partial charge in [-0.15, -0.1) is 0 Å². The number of benzene rings is 1. The maximum Gasteiger partial charge on any atom is 0.282 e. The fourth-order valence-corrected chi connectivity index (χ4v) is 1.11. The zero-order valence-corrected chi connectivity index (χ0v) is 7.18. The molecule has 0 atom stereocenters. The van der Waals surface area contributed by atoms with E-state index in [-0.39, 0.29) is 10.6 Å². The molecule has 0 amide bonds. The number of rotatable bonds is 2. The molecule has 1 aromatic carbocycles. The van der Waals surface area contributed by atoms with E-state index in [9.17, 15) is 14.5 Å². The molecule has 0 aliphatic rings. The molecule has 0 aliphatic carbocycles. The lowest BCUT2D eigenvalue weighted by Crippen LogP contribution is -2.14. The van der Waals surface area contributed by atoms with Crippen LogP contribution in [0.25, 0.3) is 0 Å². The molecule has 0 unspecified atom stereocenters. The van der Waals surface area contributed by atoms with Crippen molar-refractivity contribution in [1.29, 1.82) is 0 Å². The molecule has 2 N–H and O–H groups in total. The first-order valence-electron chi connectivity index (χ1n) is 3.26. The summed E-state index contributed by atoms with van der Waals surface area (Å²) in [4.78, 5) is 9.36. The van der Waals surface area contributed by atoms with Crippen LogP contribution < -0.4 is 5.73 Å². The van der Waals surface area contributed by atoms with Crippen molar-refractivity contribution >= 4 is 22.9 Å². The van der Waals surface area contributed by atoms with Crippen LogP contribution in [0.1, 0.15) is 5.56 Å². The molecule has 0 saturated heterocycles. The van der Waals surface area contributed by atoms with Gasteiger partial charge >= 0.3 is 0 Å². The van der Waals surface area contributed by atoms with Crippen LogP contribution >= 0.6 is 12.2 Å². The summed E-state index contributed by atoms with van der Waals surface area (Å²) in [7, 11) is 0. The molecule has 0 spiro atoms. The minimum Gasteiger partial charge on any atom is -0.389 e. The predicted octanol–water partition coefficient (Wildman–Crippen LogP) is 1.37. The zero-order valence-electron chi connectivity index (χ0n) is 6.36. The first-order chi connectivity index (χ1) is 6.04. The Labute approximate surface area is 78.3 Å². The molecule has 0 radical (unpaired) electrons. The van der Waals surface area contributed by atoms with Crippen molar-refractivity contribution in [3.63, 3.8) is 0 Å². The highest BCUT2D eigenvalue weighted by Crippen LogP contribution is 2.20. The van der Waals surface area contributed by atoms with Gasteiger partial charge in [-0.25, -0.2) is 4.39 Å². The van der Waals surface area contributed by atoms with Gasteiger partial charge in [0.1, 0.15) is 16.4 Å². The smallest absolute Gasteiger partial charge is 0.282 e. The van der Waals surface area contributed by atoms with Crippen LogP contribution in [0, 0.1) is 15.9 Å². The maximum absolute atomic E-state index is 13.0. The monoisotopic (exact) mass is 200 g/mol. The fraction of sp³-hybridized carbons (Fsp3) is 0. The number of hydrogen-bond donors (Lipinski definition) is 1. The summed E-state index contributed by atoms with van der Waals surface area (Å²) in [6.07, 6.45) is 0. The Balaban J connectivity index is 3.43. The van der Waals surface area contributed by atoms with E-state index in [4.69, 9.17) is 5.73 Å². The number of nitro groups is 1. The minimum atomic E-state index is -0.776. The maximum atomic E-state index is 13.0. The molecular weight excluding hydrogens is 195 g/mol. The Morgan fingerprint density at radius 2 is 2.23 bits per heavy atom. The lowest BCUT2D eigenvalue weighted by molar-refractivity contribution is -0.385. The molecule has 6 heteroatoms. The van der Waals surface area contributed by atoms with E-state index in [0.29, 0.717) is 0 Å². The molecule has 0 fully saturated rings. The van der Waals surface area contributed by atoms with Crippen LogP contribution in [0.3, 0.4) is 0 Å². The van der Waals surface area contributed by atoms with Crippen LogP contribution in [0.15, 0.2) is 18.2 Å². The molecule has 68 valence electrons. The number of thiocarbonyl (C=S) groups is 1. The Morgan fingerprint density at radius 3 is 2.62 bits per heavy atom. The molecule has 0 aromatic heterocycles. The second-order valence-electron chi connectivity index (χ2n) is 2.26. The molecule has 0 aliphatic heterocycles. The quantitative estimate of drug-likeness (QED) is 0.444. The highest BCUT2D eigenvalue weighted by atomic mass is 32.1. The molecule has 1 rings (SSSR count). The highest BCUT2D eigenvalue weighted by Gasteiger charge is 2.19. The Kier molecular flexibility index (Phi) is 2.52. The molecule has 13 heavy (non-hydrogen) atoms. The van der Waals surface area contributed by atoms with Crippen LogP contribution in [-0.2, 0) is 0 Å². The first kappa shape index (κ1) is 9.53. The summed E-state index contributed by atoms with van der Waals surface area (Å²) in [5, 5.41) is 10.4. The number of nitrogens with zero attached hydrogens (tertiary/aromatic N) is 1. The number of halogens is 1. The van der Waals surface area contributed by atoms with Gasteiger partial charge in [0.15, 0.2) is 0 Å². The van der Waals surface area contributed by atoms with E-state index in [1.807, 2.05) is 0 Å². The predicted molar refractivity (Wildman–Crippen MR) is 48.9 cm³/mol. The molecule has 1 aromatic rings. The third-order valence-electron chi connectivity index (χ3n) is 1.43. The summed E-state index contributed by atoms with van der Waals surface area (Å²) < 4.78 is 13.0. The van der Waals surface area contributed by atoms with Gasteiger partial charge in [-0.1, -0.05) is 18.3 Å².